The molecule has 98 valence electrons. The number of hydrogen-bond donors (Lipinski definition) is 1. The summed E-state index contributed by atoms with van der Waals surface area (Å²) in [4.78, 5) is 35.8. The summed E-state index contributed by atoms with van der Waals surface area (Å²) in [7, 11) is 0. The fraction of sp³-hybridized carbons (Fsp3) is 0.154. The van der Waals surface area contributed by atoms with E-state index >= 15 is 0 Å². The van der Waals surface area contributed by atoms with Crippen LogP contribution in [0.25, 0.3) is 0 Å². The van der Waals surface area contributed by atoms with E-state index in [1.54, 1.807) is 18.2 Å². The normalized spacial score (nSPS) is 14.8. The van der Waals surface area contributed by atoms with Gasteiger partial charge in [0.2, 0.25) is 0 Å². The van der Waals surface area contributed by atoms with Crippen molar-refractivity contribution in [2.45, 2.75) is 6.92 Å². The number of aliphatic carboxylic acids is 1. The Hall–Kier alpha value is -1.95. The van der Waals surface area contributed by atoms with Crippen molar-refractivity contribution in [2.24, 2.45) is 0 Å². The van der Waals surface area contributed by atoms with Gasteiger partial charge in [-0.05, 0) is 25.1 Å². The summed E-state index contributed by atoms with van der Waals surface area (Å²) in [6.07, 6.45) is 1.35. The van der Waals surface area contributed by atoms with Gasteiger partial charge in [0, 0.05) is 16.6 Å². The van der Waals surface area contributed by atoms with Gasteiger partial charge in [-0.25, -0.2) is 4.79 Å². The zero-order valence-electron chi connectivity index (χ0n) is 10.0. The Labute approximate surface area is 117 Å². The molecule has 0 aromatic heterocycles. The second-order valence-electron chi connectivity index (χ2n) is 4.10. The molecule has 0 unspecified atom stereocenters. The molecule has 0 radical (unpaired) electrons. The van der Waals surface area contributed by atoms with Gasteiger partial charge in [0.05, 0.1) is 11.1 Å². The van der Waals surface area contributed by atoms with E-state index < -0.39 is 17.8 Å². The predicted molar refractivity (Wildman–Crippen MR) is 70.9 cm³/mol. The van der Waals surface area contributed by atoms with Crippen molar-refractivity contribution >= 4 is 33.7 Å². The Morgan fingerprint density at radius 2 is 1.95 bits per heavy atom. The maximum atomic E-state index is 12.0. The molecule has 6 heteroatoms. The molecule has 5 nitrogen and oxygen atoms in total. The molecule has 1 aliphatic heterocycles. The highest BCUT2D eigenvalue weighted by Crippen LogP contribution is 2.25. The van der Waals surface area contributed by atoms with E-state index in [-0.39, 0.29) is 12.1 Å². The molecule has 2 amide bonds. The van der Waals surface area contributed by atoms with E-state index in [9.17, 15) is 14.4 Å². The van der Waals surface area contributed by atoms with Crippen LogP contribution in [-0.2, 0) is 4.79 Å². The Kier molecular flexibility index (Phi) is 3.53. The zero-order chi connectivity index (χ0) is 14.2. The van der Waals surface area contributed by atoms with Crippen LogP contribution in [0.2, 0.25) is 0 Å². The molecular weight excluding hydrogens is 314 g/mol. The van der Waals surface area contributed by atoms with Gasteiger partial charge < -0.3 is 5.11 Å². The molecule has 1 aromatic carbocycles. The molecular formula is C13H10BrNO4. The SMILES string of the molecule is C/C(=C/CN1C(=O)c2ccc(Br)cc2C1=O)C(=O)O. The van der Waals surface area contributed by atoms with Gasteiger partial charge in [-0.1, -0.05) is 22.0 Å². The Morgan fingerprint density at radius 3 is 2.58 bits per heavy atom. The number of fused-ring (bicyclic) bond motifs is 1. The Balaban J connectivity index is 2.28. The van der Waals surface area contributed by atoms with Crippen molar-refractivity contribution in [3.8, 4) is 0 Å². The third kappa shape index (κ3) is 2.44. The van der Waals surface area contributed by atoms with Crippen LogP contribution < -0.4 is 0 Å². The largest absolute Gasteiger partial charge is 0.478 e. The maximum Gasteiger partial charge on any atom is 0.331 e. The number of benzene rings is 1. The summed E-state index contributed by atoms with van der Waals surface area (Å²) < 4.78 is 0.714. The number of hydrogen-bond acceptors (Lipinski definition) is 3. The third-order valence-electron chi connectivity index (χ3n) is 2.85. The van der Waals surface area contributed by atoms with E-state index in [1.807, 2.05) is 0 Å². The average Bonchev–Trinajstić information content (AvgIpc) is 2.59. The molecule has 0 aliphatic carbocycles. The van der Waals surface area contributed by atoms with Crippen LogP contribution in [0, 0.1) is 0 Å². The lowest BCUT2D eigenvalue weighted by Gasteiger charge is -2.10. The maximum absolute atomic E-state index is 12.0. The van der Waals surface area contributed by atoms with Crippen molar-refractivity contribution in [3.63, 3.8) is 0 Å². The minimum Gasteiger partial charge on any atom is -0.478 e. The minimum absolute atomic E-state index is 0.0396. The molecule has 1 N–H and O–H groups in total. The molecule has 19 heavy (non-hydrogen) atoms. The molecule has 1 aliphatic rings. The van der Waals surface area contributed by atoms with Crippen molar-refractivity contribution in [3.05, 3.63) is 45.4 Å². The lowest BCUT2D eigenvalue weighted by Crippen LogP contribution is -2.30. The summed E-state index contributed by atoms with van der Waals surface area (Å²) in [6.45, 7) is 1.37. The lowest BCUT2D eigenvalue weighted by molar-refractivity contribution is -0.132. The summed E-state index contributed by atoms with van der Waals surface area (Å²) in [6, 6.07) is 4.85. The summed E-state index contributed by atoms with van der Waals surface area (Å²) in [5, 5.41) is 8.73. The molecule has 1 aromatic rings. The van der Waals surface area contributed by atoms with Crippen LogP contribution in [0.4, 0.5) is 0 Å². The number of carboxylic acids is 1. The number of carbonyl (C=O) groups is 3. The molecule has 0 saturated carbocycles. The Morgan fingerprint density at radius 1 is 1.32 bits per heavy atom. The summed E-state index contributed by atoms with van der Waals surface area (Å²) >= 11 is 3.24. The first-order chi connectivity index (χ1) is 8.91. The number of nitrogens with zero attached hydrogens (tertiary/aromatic N) is 1. The van der Waals surface area contributed by atoms with E-state index in [4.69, 9.17) is 5.11 Å². The van der Waals surface area contributed by atoms with Crippen LogP contribution in [-0.4, -0.2) is 34.3 Å². The van der Waals surface area contributed by atoms with E-state index in [1.165, 1.54) is 13.0 Å². The quantitative estimate of drug-likeness (QED) is 0.682. The van der Waals surface area contributed by atoms with Gasteiger partial charge in [0.25, 0.3) is 11.8 Å². The molecule has 0 bridgehead atoms. The number of carbonyl (C=O) groups excluding carboxylic acids is 2. The topological polar surface area (TPSA) is 74.7 Å². The standard InChI is InChI=1S/C13H10BrNO4/c1-7(13(18)19)4-5-15-11(16)9-3-2-8(14)6-10(9)12(15)17/h2-4,6H,5H2,1H3,(H,18,19)/b7-4-. The fourth-order valence-corrected chi connectivity index (χ4v) is 2.11. The predicted octanol–water partition coefficient (Wildman–Crippen LogP) is 2.08. The summed E-state index contributed by atoms with van der Waals surface area (Å²) in [5.41, 5.74) is 0.771. The van der Waals surface area contributed by atoms with Crippen molar-refractivity contribution in [1.82, 2.24) is 4.90 Å². The van der Waals surface area contributed by atoms with Gasteiger partial charge in [-0.2, -0.15) is 0 Å². The van der Waals surface area contributed by atoms with Crippen molar-refractivity contribution < 1.29 is 19.5 Å². The van der Waals surface area contributed by atoms with Gasteiger partial charge in [0.1, 0.15) is 0 Å². The lowest BCUT2D eigenvalue weighted by atomic mass is 10.1. The highest BCUT2D eigenvalue weighted by molar-refractivity contribution is 9.10. The van der Waals surface area contributed by atoms with Crippen LogP contribution in [0.1, 0.15) is 27.6 Å². The second-order valence-corrected chi connectivity index (χ2v) is 5.02. The van der Waals surface area contributed by atoms with Crippen molar-refractivity contribution in [2.75, 3.05) is 6.54 Å². The monoisotopic (exact) mass is 323 g/mol. The first-order valence-corrected chi connectivity index (χ1v) is 6.27. The van der Waals surface area contributed by atoms with E-state index in [2.05, 4.69) is 15.9 Å². The van der Waals surface area contributed by atoms with Gasteiger partial charge in [-0.15, -0.1) is 0 Å². The summed E-state index contributed by atoms with van der Waals surface area (Å²) in [5.74, 6) is -1.88. The number of halogens is 1. The third-order valence-corrected chi connectivity index (χ3v) is 3.34. The Bertz CT molecular complexity index is 621. The molecule has 2 rings (SSSR count). The molecule has 0 saturated heterocycles. The molecule has 0 spiro atoms. The minimum atomic E-state index is -1.07. The van der Waals surface area contributed by atoms with E-state index in [0.29, 0.717) is 15.6 Å². The average molecular weight is 324 g/mol. The molecule has 0 atom stereocenters. The highest BCUT2D eigenvalue weighted by Gasteiger charge is 2.34. The number of imide groups is 1. The van der Waals surface area contributed by atoms with E-state index in [0.717, 1.165) is 4.90 Å². The second kappa shape index (κ2) is 4.97. The van der Waals surface area contributed by atoms with Crippen LogP contribution in [0.15, 0.2) is 34.3 Å². The highest BCUT2D eigenvalue weighted by atomic mass is 79.9. The fourth-order valence-electron chi connectivity index (χ4n) is 1.74. The number of amides is 2. The zero-order valence-corrected chi connectivity index (χ0v) is 11.6. The first-order valence-electron chi connectivity index (χ1n) is 5.47. The molecule has 0 fully saturated rings. The smallest absolute Gasteiger partial charge is 0.331 e. The number of rotatable bonds is 3. The van der Waals surface area contributed by atoms with Gasteiger partial charge in [0.15, 0.2) is 0 Å². The van der Waals surface area contributed by atoms with Crippen LogP contribution >= 0.6 is 15.9 Å². The number of carboxylic acid groups (broad SMARTS) is 1. The first kappa shape index (κ1) is 13.5. The molecule has 1 heterocycles. The van der Waals surface area contributed by atoms with Crippen LogP contribution in [0.5, 0.6) is 0 Å². The van der Waals surface area contributed by atoms with Crippen LogP contribution in [0.3, 0.4) is 0 Å². The van der Waals surface area contributed by atoms with Crippen molar-refractivity contribution in [1.29, 1.82) is 0 Å². The van der Waals surface area contributed by atoms with Gasteiger partial charge >= 0.3 is 5.97 Å². The van der Waals surface area contributed by atoms with Gasteiger partial charge in [-0.3, -0.25) is 14.5 Å².